The number of nitrogens with zero attached hydrogens (tertiary/aromatic N) is 4. The highest BCUT2D eigenvalue weighted by molar-refractivity contribution is 5.70. The molecule has 49 heavy (non-hydrogen) atoms. The van der Waals surface area contributed by atoms with Gasteiger partial charge in [0.25, 0.3) is 0 Å². The molecule has 2 saturated heterocycles. The third-order valence-electron chi connectivity index (χ3n) is 8.62. The highest BCUT2D eigenvalue weighted by atomic mass is 16.6. The molecule has 2 aromatic carbocycles. The van der Waals surface area contributed by atoms with Gasteiger partial charge in [-0.05, 0) is 95.5 Å². The fourth-order valence-electron chi connectivity index (χ4n) is 6.38. The highest BCUT2D eigenvalue weighted by Crippen LogP contribution is 2.34. The van der Waals surface area contributed by atoms with E-state index in [9.17, 15) is 9.59 Å². The number of H-pyrrole nitrogens is 2. The van der Waals surface area contributed by atoms with Gasteiger partial charge in [0.2, 0.25) is 0 Å². The number of aromatic amines is 2. The van der Waals surface area contributed by atoms with Crippen molar-refractivity contribution in [3.05, 3.63) is 83.7 Å². The standard InChI is InChI=1S/C38H48N6O5/c1-37(2,3)48-35(45)43-18-8-12-31(43)33-39-21-29(41-33)27-16-14-25(15-17-27)23-47-24-26-10-7-11-28(20-26)30-22-40-34(42-30)32-13-9-19-44(32)36(46)49-38(4,5)6/h7,10-11,14-17,20-22,31-32H,8-9,12-13,18-19,23-24H2,1-6H3,(H,39,41)(H,40,42). The monoisotopic (exact) mass is 668 g/mol. The average molecular weight is 669 g/mol. The normalized spacial score (nSPS) is 18.2. The van der Waals surface area contributed by atoms with Gasteiger partial charge >= 0.3 is 12.2 Å². The molecule has 11 nitrogen and oxygen atoms in total. The molecular weight excluding hydrogens is 620 g/mol. The number of rotatable bonds is 8. The largest absolute Gasteiger partial charge is 0.444 e. The second-order valence-corrected chi connectivity index (χ2v) is 14.9. The third-order valence-corrected chi connectivity index (χ3v) is 8.62. The number of likely N-dealkylation sites (tertiary alicyclic amines) is 2. The molecule has 260 valence electrons. The molecule has 2 unspecified atom stereocenters. The van der Waals surface area contributed by atoms with Gasteiger partial charge < -0.3 is 24.2 Å². The second kappa shape index (κ2) is 14.1. The number of benzene rings is 2. The molecule has 4 heterocycles. The smallest absolute Gasteiger partial charge is 0.410 e. The van der Waals surface area contributed by atoms with E-state index in [0.717, 1.165) is 71.0 Å². The summed E-state index contributed by atoms with van der Waals surface area (Å²) < 4.78 is 17.3. The Morgan fingerprint density at radius 3 is 1.76 bits per heavy atom. The van der Waals surface area contributed by atoms with E-state index in [1.807, 2.05) is 66.1 Å². The predicted molar refractivity (Wildman–Crippen MR) is 186 cm³/mol. The van der Waals surface area contributed by atoms with Gasteiger partial charge in [-0.15, -0.1) is 0 Å². The van der Waals surface area contributed by atoms with Crippen LogP contribution in [0.1, 0.15) is 102 Å². The van der Waals surface area contributed by atoms with Crippen LogP contribution in [0.4, 0.5) is 9.59 Å². The van der Waals surface area contributed by atoms with Crippen molar-refractivity contribution in [1.82, 2.24) is 29.7 Å². The number of hydrogen-bond acceptors (Lipinski definition) is 7. The van der Waals surface area contributed by atoms with Crippen molar-refractivity contribution in [2.75, 3.05) is 13.1 Å². The van der Waals surface area contributed by atoms with Crippen LogP contribution in [0.15, 0.2) is 60.9 Å². The minimum atomic E-state index is -0.542. The summed E-state index contributed by atoms with van der Waals surface area (Å²) in [5.74, 6) is 1.55. The van der Waals surface area contributed by atoms with Crippen molar-refractivity contribution >= 4 is 12.2 Å². The van der Waals surface area contributed by atoms with Gasteiger partial charge in [0, 0.05) is 13.1 Å². The lowest BCUT2D eigenvalue weighted by Crippen LogP contribution is -2.36. The number of aromatic nitrogens is 4. The topological polar surface area (TPSA) is 126 Å². The summed E-state index contributed by atoms with van der Waals surface area (Å²) in [7, 11) is 0. The van der Waals surface area contributed by atoms with Crippen LogP contribution < -0.4 is 0 Å². The van der Waals surface area contributed by atoms with Crippen LogP contribution in [0, 0.1) is 0 Å². The van der Waals surface area contributed by atoms with Gasteiger partial charge in [0.05, 0.1) is 49.1 Å². The van der Waals surface area contributed by atoms with Crippen LogP contribution in [0.3, 0.4) is 0 Å². The number of hydrogen-bond donors (Lipinski definition) is 2. The lowest BCUT2D eigenvalue weighted by molar-refractivity contribution is 0.0208. The predicted octanol–water partition coefficient (Wildman–Crippen LogP) is 8.33. The number of imidazole rings is 2. The van der Waals surface area contributed by atoms with E-state index < -0.39 is 11.2 Å². The zero-order valence-corrected chi connectivity index (χ0v) is 29.4. The van der Waals surface area contributed by atoms with Gasteiger partial charge in [0.15, 0.2) is 0 Å². The fraction of sp³-hybridized carbons (Fsp3) is 0.474. The van der Waals surface area contributed by atoms with Crippen LogP contribution in [-0.2, 0) is 27.4 Å². The van der Waals surface area contributed by atoms with E-state index in [1.54, 1.807) is 9.80 Å². The van der Waals surface area contributed by atoms with Gasteiger partial charge in [-0.1, -0.05) is 42.5 Å². The molecule has 2 amide bonds. The Balaban J connectivity index is 1.02. The first kappa shape index (κ1) is 34.2. The number of ether oxygens (including phenoxy) is 3. The Kier molecular flexibility index (Phi) is 9.83. The molecule has 2 fully saturated rings. The third kappa shape index (κ3) is 8.51. The molecule has 2 atom stereocenters. The van der Waals surface area contributed by atoms with E-state index in [-0.39, 0.29) is 24.3 Å². The molecule has 11 heteroatoms. The first-order valence-corrected chi connectivity index (χ1v) is 17.2. The molecular formula is C38H48N6O5. The average Bonchev–Trinajstić information content (AvgIpc) is 3.86. The van der Waals surface area contributed by atoms with Crippen molar-refractivity contribution in [1.29, 1.82) is 0 Å². The molecule has 0 spiro atoms. The first-order chi connectivity index (χ1) is 23.3. The van der Waals surface area contributed by atoms with E-state index >= 15 is 0 Å². The maximum Gasteiger partial charge on any atom is 0.410 e. The molecule has 2 N–H and O–H groups in total. The molecule has 0 aliphatic carbocycles. The lowest BCUT2D eigenvalue weighted by Gasteiger charge is -2.27. The van der Waals surface area contributed by atoms with Crippen molar-refractivity contribution in [3.63, 3.8) is 0 Å². The van der Waals surface area contributed by atoms with E-state index in [2.05, 4.69) is 56.3 Å². The first-order valence-electron chi connectivity index (χ1n) is 17.2. The van der Waals surface area contributed by atoms with Crippen molar-refractivity contribution in [2.45, 2.75) is 104 Å². The summed E-state index contributed by atoms with van der Waals surface area (Å²) in [6.07, 6.45) is 6.58. The number of carbonyl (C=O) groups is 2. The van der Waals surface area contributed by atoms with Crippen molar-refractivity contribution < 1.29 is 23.8 Å². The summed E-state index contributed by atoms with van der Waals surface area (Å²) in [6, 6.07) is 16.2. The molecule has 4 aromatic rings. The van der Waals surface area contributed by atoms with Crippen molar-refractivity contribution in [3.8, 4) is 22.5 Å². The fourth-order valence-corrected chi connectivity index (χ4v) is 6.38. The SMILES string of the molecule is CC(C)(C)OC(=O)N1CCCC1c1ncc(-c2ccc(COCc3cccc(-c4cnc(C5CCCN5C(=O)OC(C)(C)C)[nH]4)c3)cc2)[nH]1. The molecule has 2 aliphatic heterocycles. The Hall–Kier alpha value is -4.64. The van der Waals surface area contributed by atoms with Crippen molar-refractivity contribution in [2.24, 2.45) is 0 Å². The summed E-state index contributed by atoms with van der Waals surface area (Å²) in [6.45, 7) is 13.5. The quantitative estimate of drug-likeness (QED) is 0.193. The zero-order chi connectivity index (χ0) is 34.8. The number of nitrogens with one attached hydrogen (secondary N) is 2. The summed E-state index contributed by atoms with van der Waals surface area (Å²) >= 11 is 0. The molecule has 0 saturated carbocycles. The van der Waals surface area contributed by atoms with Gasteiger partial charge in [0.1, 0.15) is 22.9 Å². The molecule has 2 aromatic heterocycles. The summed E-state index contributed by atoms with van der Waals surface area (Å²) in [4.78, 5) is 45.2. The van der Waals surface area contributed by atoms with Gasteiger partial charge in [-0.25, -0.2) is 19.6 Å². The Morgan fingerprint density at radius 2 is 1.22 bits per heavy atom. The van der Waals surface area contributed by atoms with Crippen LogP contribution >= 0.6 is 0 Å². The Labute approximate surface area is 288 Å². The maximum absolute atomic E-state index is 12.8. The maximum atomic E-state index is 12.8. The molecule has 0 bridgehead atoms. The van der Waals surface area contributed by atoms with Gasteiger partial charge in [-0.2, -0.15) is 0 Å². The van der Waals surface area contributed by atoms with Gasteiger partial charge in [-0.3, -0.25) is 9.80 Å². The molecule has 6 rings (SSSR count). The minimum absolute atomic E-state index is 0.119. The van der Waals surface area contributed by atoms with E-state index in [0.29, 0.717) is 26.3 Å². The van der Waals surface area contributed by atoms with Crippen LogP contribution in [0.5, 0.6) is 0 Å². The zero-order valence-electron chi connectivity index (χ0n) is 29.4. The Morgan fingerprint density at radius 1 is 0.714 bits per heavy atom. The highest BCUT2D eigenvalue weighted by Gasteiger charge is 2.36. The molecule has 2 aliphatic rings. The summed E-state index contributed by atoms with van der Waals surface area (Å²) in [5.41, 5.74) is 4.87. The van der Waals surface area contributed by atoms with E-state index in [4.69, 9.17) is 14.2 Å². The van der Waals surface area contributed by atoms with Crippen LogP contribution in [-0.4, -0.2) is 66.2 Å². The lowest BCUT2D eigenvalue weighted by atomic mass is 10.1. The molecule has 0 radical (unpaired) electrons. The minimum Gasteiger partial charge on any atom is -0.444 e. The Bertz CT molecular complexity index is 1750. The number of carbonyl (C=O) groups excluding carboxylic acids is 2. The number of amides is 2. The second-order valence-electron chi connectivity index (χ2n) is 14.9. The summed E-state index contributed by atoms with van der Waals surface area (Å²) in [5, 5.41) is 0. The van der Waals surface area contributed by atoms with Crippen LogP contribution in [0.25, 0.3) is 22.5 Å². The van der Waals surface area contributed by atoms with Crippen LogP contribution in [0.2, 0.25) is 0 Å². The van der Waals surface area contributed by atoms with E-state index in [1.165, 1.54) is 0 Å².